The van der Waals surface area contributed by atoms with E-state index in [-0.39, 0.29) is 11.9 Å². The first-order chi connectivity index (χ1) is 9.97. The summed E-state index contributed by atoms with van der Waals surface area (Å²) in [6, 6.07) is 12.7. The van der Waals surface area contributed by atoms with Gasteiger partial charge in [0.15, 0.2) is 0 Å². The van der Waals surface area contributed by atoms with Crippen molar-refractivity contribution in [1.29, 1.82) is 0 Å². The lowest BCUT2D eigenvalue weighted by Crippen LogP contribution is -2.25. The Hall–Kier alpha value is -0.900. The van der Waals surface area contributed by atoms with Crippen LogP contribution in [0.1, 0.15) is 31.0 Å². The molecule has 0 fully saturated rings. The molecule has 0 aromatic heterocycles. The van der Waals surface area contributed by atoms with Gasteiger partial charge in [0.2, 0.25) is 0 Å². The molecule has 0 aliphatic heterocycles. The molecule has 1 unspecified atom stereocenters. The van der Waals surface area contributed by atoms with Crippen LogP contribution in [-0.4, -0.2) is 0 Å². The zero-order valence-corrected chi connectivity index (χ0v) is 14.4. The molecule has 21 heavy (non-hydrogen) atoms. The number of rotatable bonds is 5. The third kappa shape index (κ3) is 4.53. The van der Waals surface area contributed by atoms with E-state index in [1.54, 1.807) is 0 Å². The van der Waals surface area contributed by atoms with Gasteiger partial charge < -0.3 is 5.32 Å². The largest absolute Gasteiger partial charge is 0.306 e. The van der Waals surface area contributed by atoms with E-state index in [4.69, 9.17) is 11.6 Å². The highest BCUT2D eigenvalue weighted by molar-refractivity contribution is 9.10. The van der Waals surface area contributed by atoms with Crippen LogP contribution in [0.25, 0.3) is 0 Å². The first-order valence-electron chi connectivity index (χ1n) is 6.90. The highest BCUT2D eigenvalue weighted by Crippen LogP contribution is 2.25. The Bertz CT molecular complexity index is 598. The smallest absolute Gasteiger partial charge is 0.123 e. The molecule has 0 heterocycles. The van der Waals surface area contributed by atoms with Crippen molar-refractivity contribution in [2.45, 2.75) is 26.4 Å². The molecule has 2 aromatic carbocycles. The topological polar surface area (TPSA) is 12.0 Å². The number of benzene rings is 2. The van der Waals surface area contributed by atoms with E-state index in [9.17, 15) is 4.39 Å². The molecule has 2 aromatic rings. The molecule has 0 aliphatic rings. The molecule has 0 radical (unpaired) electrons. The van der Waals surface area contributed by atoms with E-state index in [2.05, 4.69) is 35.1 Å². The summed E-state index contributed by atoms with van der Waals surface area (Å²) in [5.41, 5.74) is 2.13. The van der Waals surface area contributed by atoms with Crippen molar-refractivity contribution in [3.63, 3.8) is 0 Å². The molecule has 0 spiro atoms. The molecule has 0 saturated carbocycles. The van der Waals surface area contributed by atoms with Gasteiger partial charge in [-0.05, 0) is 41.3 Å². The molecule has 0 amide bonds. The molecule has 1 atom stereocenters. The molecule has 0 aliphatic carbocycles. The van der Waals surface area contributed by atoms with Crippen molar-refractivity contribution in [2.24, 2.45) is 5.92 Å². The van der Waals surface area contributed by atoms with Crippen LogP contribution >= 0.6 is 27.5 Å². The highest BCUT2D eigenvalue weighted by atomic mass is 79.9. The Morgan fingerprint density at radius 1 is 1.14 bits per heavy atom. The number of nitrogens with one attached hydrogen (secondary N) is 1. The van der Waals surface area contributed by atoms with Gasteiger partial charge >= 0.3 is 0 Å². The molecule has 112 valence electrons. The summed E-state index contributed by atoms with van der Waals surface area (Å²) >= 11 is 9.64. The minimum atomic E-state index is -0.211. The lowest BCUT2D eigenvalue weighted by Gasteiger charge is -2.23. The van der Waals surface area contributed by atoms with Crippen molar-refractivity contribution in [3.8, 4) is 0 Å². The van der Waals surface area contributed by atoms with Gasteiger partial charge in [0.05, 0.1) is 0 Å². The summed E-state index contributed by atoms with van der Waals surface area (Å²) < 4.78 is 14.0. The zero-order chi connectivity index (χ0) is 15.4. The maximum absolute atomic E-state index is 13.1. The average Bonchev–Trinajstić information content (AvgIpc) is 2.42. The van der Waals surface area contributed by atoms with Gasteiger partial charge in [0.1, 0.15) is 5.82 Å². The molecule has 1 N–H and O–H groups in total. The van der Waals surface area contributed by atoms with Gasteiger partial charge in [-0.3, -0.25) is 0 Å². The second-order valence-corrected chi connectivity index (χ2v) is 6.71. The Morgan fingerprint density at radius 3 is 2.38 bits per heavy atom. The van der Waals surface area contributed by atoms with Crippen molar-refractivity contribution in [3.05, 3.63) is 68.9 Å². The summed E-state index contributed by atoms with van der Waals surface area (Å²) in [5, 5.41) is 4.24. The molecule has 2 rings (SSSR count). The zero-order valence-electron chi connectivity index (χ0n) is 12.0. The summed E-state index contributed by atoms with van der Waals surface area (Å²) in [4.78, 5) is 0. The quantitative estimate of drug-likeness (QED) is 0.709. The first-order valence-corrected chi connectivity index (χ1v) is 8.07. The van der Waals surface area contributed by atoms with Gasteiger partial charge in [0.25, 0.3) is 0 Å². The van der Waals surface area contributed by atoms with Gasteiger partial charge in [-0.2, -0.15) is 0 Å². The summed E-state index contributed by atoms with van der Waals surface area (Å²) in [5.74, 6) is 0.182. The van der Waals surface area contributed by atoms with Crippen molar-refractivity contribution >= 4 is 27.5 Å². The van der Waals surface area contributed by atoms with Crippen LogP contribution in [0.2, 0.25) is 5.02 Å². The molecule has 0 bridgehead atoms. The molecular formula is C17H18BrClFN. The third-order valence-corrected chi connectivity index (χ3v) is 4.27. The fourth-order valence-corrected chi connectivity index (χ4v) is 3.03. The van der Waals surface area contributed by atoms with E-state index in [0.29, 0.717) is 12.5 Å². The maximum atomic E-state index is 13.1. The van der Waals surface area contributed by atoms with E-state index in [0.717, 1.165) is 20.6 Å². The molecule has 0 saturated heterocycles. The van der Waals surface area contributed by atoms with Crippen LogP contribution in [0, 0.1) is 11.7 Å². The third-order valence-electron chi connectivity index (χ3n) is 3.42. The normalized spacial score (nSPS) is 12.7. The number of hydrogen-bond acceptors (Lipinski definition) is 1. The molecule has 1 nitrogen and oxygen atoms in total. The van der Waals surface area contributed by atoms with Crippen LogP contribution < -0.4 is 5.32 Å². The lowest BCUT2D eigenvalue weighted by atomic mass is 9.95. The van der Waals surface area contributed by atoms with Crippen LogP contribution in [0.4, 0.5) is 4.39 Å². The van der Waals surface area contributed by atoms with E-state index in [1.165, 1.54) is 12.1 Å². The first kappa shape index (κ1) is 16.5. The molecular weight excluding hydrogens is 353 g/mol. The summed E-state index contributed by atoms with van der Waals surface area (Å²) in [6.07, 6.45) is 0. The Kier molecular flexibility index (Phi) is 5.80. The minimum absolute atomic E-state index is 0.158. The van der Waals surface area contributed by atoms with Gasteiger partial charge in [-0.1, -0.05) is 59.6 Å². The van der Waals surface area contributed by atoms with E-state index >= 15 is 0 Å². The summed E-state index contributed by atoms with van der Waals surface area (Å²) in [6.45, 7) is 4.96. The maximum Gasteiger partial charge on any atom is 0.123 e. The Balaban J connectivity index is 2.12. The van der Waals surface area contributed by atoms with E-state index in [1.807, 2.05) is 30.3 Å². The van der Waals surface area contributed by atoms with Crippen molar-refractivity contribution in [1.82, 2.24) is 5.32 Å². The average molecular weight is 371 g/mol. The standard InChI is InChI=1S/C17H18BrClFN/c1-11(2)17(12-4-7-15(20)8-5-12)21-10-13-3-6-14(18)9-16(13)19/h3-9,11,17,21H,10H2,1-2H3. The lowest BCUT2D eigenvalue weighted by molar-refractivity contribution is 0.410. The fraction of sp³-hybridized carbons (Fsp3) is 0.294. The van der Waals surface area contributed by atoms with Gasteiger partial charge in [-0.25, -0.2) is 4.39 Å². The predicted molar refractivity (Wildman–Crippen MR) is 90.0 cm³/mol. The van der Waals surface area contributed by atoms with Crippen LogP contribution in [-0.2, 0) is 6.54 Å². The minimum Gasteiger partial charge on any atom is -0.306 e. The number of hydrogen-bond donors (Lipinski definition) is 1. The Morgan fingerprint density at radius 2 is 1.81 bits per heavy atom. The van der Waals surface area contributed by atoms with Gasteiger partial charge in [0, 0.05) is 22.1 Å². The highest BCUT2D eigenvalue weighted by Gasteiger charge is 2.15. The Labute approximate surface area is 138 Å². The predicted octanol–water partition coefficient (Wildman–Crippen LogP) is 5.73. The van der Waals surface area contributed by atoms with Gasteiger partial charge in [-0.15, -0.1) is 0 Å². The second kappa shape index (κ2) is 7.39. The monoisotopic (exact) mass is 369 g/mol. The summed E-state index contributed by atoms with van der Waals surface area (Å²) in [7, 11) is 0. The van der Waals surface area contributed by atoms with Crippen molar-refractivity contribution < 1.29 is 4.39 Å². The van der Waals surface area contributed by atoms with Crippen LogP contribution in [0.15, 0.2) is 46.9 Å². The second-order valence-electron chi connectivity index (χ2n) is 5.39. The SMILES string of the molecule is CC(C)C(NCc1ccc(Br)cc1Cl)c1ccc(F)cc1. The number of halogens is 3. The van der Waals surface area contributed by atoms with E-state index < -0.39 is 0 Å². The van der Waals surface area contributed by atoms with Crippen LogP contribution in [0.5, 0.6) is 0 Å². The fourth-order valence-electron chi connectivity index (χ4n) is 2.29. The van der Waals surface area contributed by atoms with Crippen molar-refractivity contribution in [2.75, 3.05) is 0 Å². The molecule has 4 heteroatoms. The van der Waals surface area contributed by atoms with Crippen LogP contribution in [0.3, 0.4) is 0 Å².